The molecule has 5 rings (SSSR count). The molecule has 4 aliphatic carbocycles. The van der Waals surface area contributed by atoms with Gasteiger partial charge in [0.05, 0.1) is 6.54 Å². The fourth-order valence-electron chi connectivity index (χ4n) is 6.21. The Morgan fingerprint density at radius 2 is 1.86 bits per heavy atom. The van der Waals surface area contributed by atoms with Crippen LogP contribution in [0.1, 0.15) is 64.6 Å². The van der Waals surface area contributed by atoms with Crippen molar-refractivity contribution in [2.75, 3.05) is 0 Å². The van der Waals surface area contributed by atoms with Crippen LogP contribution in [0.2, 0.25) is 0 Å². The third-order valence-corrected chi connectivity index (χ3v) is 6.55. The quantitative estimate of drug-likeness (QED) is 0.876. The first-order chi connectivity index (χ1) is 10.7. The maximum Gasteiger partial charge on any atom is 0.146 e. The zero-order valence-corrected chi connectivity index (χ0v) is 14.1. The first-order valence-corrected chi connectivity index (χ1v) is 9.26. The maximum absolute atomic E-state index is 4.24. The van der Waals surface area contributed by atoms with Gasteiger partial charge >= 0.3 is 0 Å². The highest BCUT2D eigenvalue weighted by Crippen LogP contribution is 2.61. The third-order valence-electron chi connectivity index (χ3n) is 6.55. The lowest BCUT2D eigenvalue weighted by atomic mass is 9.48. The lowest BCUT2D eigenvalue weighted by molar-refractivity contribution is -0.0612. The van der Waals surface area contributed by atoms with E-state index in [1.807, 2.05) is 6.33 Å². The molecule has 1 aromatic heterocycles. The predicted molar refractivity (Wildman–Crippen MR) is 87.2 cm³/mol. The molecule has 1 atom stereocenters. The molecule has 4 saturated carbocycles. The number of nitrogens with zero attached hydrogens (tertiary/aromatic N) is 3. The number of hydrogen-bond acceptors (Lipinski definition) is 3. The summed E-state index contributed by atoms with van der Waals surface area (Å²) in [6, 6.07) is 0.582. The van der Waals surface area contributed by atoms with E-state index in [2.05, 4.69) is 33.9 Å². The summed E-state index contributed by atoms with van der Waals surface area (Å²) in [5.74, 6) is 4.24. The molecule has 4 nitrogen and oxygen atoms in total. The lowest BCUT2D eigenvalue weighted by Crippen LogP contribution is -2.48. The smallest absolute Gasteiger partial charge is 0.146 e. The fraction of sp³-hybridized carbons (Fsp3) is 0.889. The van der Waals surface area contributed by atoms with Gasteiger partial charge in [0.2, 0.25) is 0 Å². The van der Waals surface area contributed by atoms with E-state index < -0.39 is 0 Å². The van der Waals surface area contributed by atoms with Crippen molar-refractivity contribution in [1.82, 2.24) is 20.1 Å². The molecular weight excluding hydrogens is 272 g/mol. The first kappa shape index (κ1) is 14.7. The summed E-state index contributed by atoms with van der Waals surface area (Å²) in [4.78, 5) is 0. The second kappa shape index (κ2) is 5.63. The molecule has 0 unspecified atom stereocenters. The summed E-state index contributed by atoms with van der Waals surface area (Å²) in [7, 11) is 0. The van der Waals surface area contributed by atoms with Crippen molar-refractivity contribution >= 4 is 0 Å². The molecule has 0 saturated heterocycles. The number of aryl methyl sites for hydroxylation is 1. The summed E-state index contributed by atoms with van der Waals surface area (Å²) >= 11 is 0. The monoisotopic (exact) mass is 302 g/mol. The second-order valence-corrected chi connectivity index (χ2v) is 8.44. The Kier molecular flexibility index (Phi) is 3.75. The van der Waals surface area contributed by atoms with Crippen molar-refractivity contribution < 1.29 is 0 Å². The Labute approximate surface area is 134 Å². The van der Waals surface area contributed by atoms with Gasteiger partial charge in [0, 0.05) is 12.6 Å². The van der Waals surface area contributed by atoms with Gasteiger partial charge in [-0.05, 0) is 82.0 Å². The molecular formula is C18H30N4. The van der Waals surface area contributed by atoms with Gasteiger partial charge in [-0.1, -0.05) is 0 Å². The van der Waals surface area contributed by atoms with E-state index in [0.717, 1.165) is 36.7 Å². The largest absolute Gasteiger partial charge is 0.317 e. The predicted octanol–water partition coefficient (Wildman–Crippen LogP) is 3.38. The summed E-state index contributed by atoms with van der Waals surface area (Å²) in [5, 5.41) is 12.0. The van der Waals surface area contributed by atoms with Crippen LogP contribution in [0.25, 0.3) is 0 Å². The Balaban J connectivity index is 1.35. The molecule has 4 heteroatoms. The van der Waals surface area contributed by atoms with Gasteiger partial charge in [-0.25, -0.2) is 0 Å². The van der Waals surface area contributed by atoms with E-state index in [4.69, 9.17) is 0 Å². The molecule has 1 N–H and O–H groups in total. The van der Waals surface area contributed by atoms with Crippen molar-refractivity contribution in [2.24, 2.45) is 23.2 Å². The van der Waals surface area contributed by atoms with Gasteiger partial charge in [-0.3, -0.25) is 0 Å². The summed E-state index contributed by atoms with van der Waals surface area (Å²) in [6.07, 6.45) is 12.3. The van der Waals surface area contributed by atoms with Crippen molar-refractivity contribution in [3.63, 3.8) is 0 Å². The van der Waals surface area contributed by atoms with E-state index in [1.54, 1.807) is 19.3 Å². The van der Waals surface area contributed by atoms with Gasteiger partial charge in [0.1, 0.15) is 12.2 Å². The molecule has 122 valence electrons. The molecule has 0 amide bonds. The highest BCUT2D eigenvalue weighted by atomic mass is 15.3. The molecule has 0 aliphatic heterocycles. The number of rotatable bonds is 6. The van der Waals surface area contributed by atoms with Crippen molar-refractivity contribution in [1.29, 1.82) is 0 Å². The van der Waals surface area contributed by atoms with Gasteiger partial charge in [0.15, 0.2) is 0 Å². The molecule has 4 aliphatic rings. The van der Waals surface area contributed by atoms with Crippen LogP contribution in [0.4, 0.5) is 0 Å². The molecule has 4 fully saturated rings. The first-order valence-electron chi connectivity index (χ1n) is 9.26. The minimum atomic E-state index is 0.582. The van der Waals surface area contributed by atoms with Crippen LogP contribution in [-0.2, 0) is 13.1 Å². The van der Waals surface area contributed by atoms with Gasteiger partial charge in [-0.2, -0.15) is 0 Å². The summed E-state index contributed by atoms with van der Waals surface area (Å²) in [5.41, 5.74) is 0.666. The maximum atomic E-state index is 4.24. The van der Waals surface area contributed by atoms with E-state index in [0.29, 0.717) is 11.5 Å². The van der Waals surface area contributed by atoms with Crippen LogP contribution in [0.15, 0.2) is 6.33 Å². The molecule has 1 aromatic rings. The van der Waals surface area contributed by atoms with Gasteiger partial charge in [0.25, 0.3) is 0 Å². The number of hydrogen-bond donors (Lipinski definition) is 1. The summed E-state index contributed by atoms with van der Waals surface area (Å²) < 4.78 is 2.13. The highest BCUT2D eigenvalue weighted by molar-refractivity contribution is 5.02. The van der Waals surface area contributed by atoms with Crippen molar-refractivity contribution in [3.8, 4) is 0 Å². The molecule has 1 heterocycles. The Hall–Kier alpha value is -0.900. The normalized spacial score (nSPS) is 37.6. The van der Waals surface area contributed by atoms with E-state index in [9.17, 15) is 0 Å². The molecule has 0 aromatic carbocycles. The zero-order valence-electron chi connectivity index (χ0n) is 14.1. The van der Waals surface area contributed by atoms with Crippen LogP contribution >= 0.6 is 0 Å². The molecule has 4 bridgehead atoms. The average Bonchev–Trinajstić information content (AvgIpc) is 2.90. The van der Waals surface area contributed by atoms with Crippen LogP contribution in [0, 0.1) is 23.2 Å². The Morgan fingerprint density at radius 3 is 2.45 bits per heavy atom. The average molecular weight is 302 g/mol. The van der Waals surface area contributed by atoms with Crippen LogP contribution in [0.3, 0.4) is 0 Å². The minimum absolute atomic E-state index is 0.582. The molecule has 22 heavy (non-hydrogen) atoms. The van der Waals surface area contributed by atoms with Crippen LogP contribution in [-0.4, -0.2) is 20.8 Å². The fourth-order valence-corrected chi connectivity index (χ4v) is 6.21. The second-order valence-electron chi connectivity index (χ2n) is 8.44. The molecule has 0 spiro atoms. The minimum Gasteiger partial charge on any atom is -0.317 e. The number of nitrogens with one attached hydrogen (secondary N) is 1. The summed E-state index contributed by atoms with van der Waals surface area (Å²) in [6.45, 7) is 6.31. The van der Waals surface area contributed by atoms with Gasteiger partial charge in [-0.15, -0.1) is 10.2 Å². The van der Waals surface area contributed by atoms with E-state index >= 15 is 0 Å². The van der Waals surface area contributed by atoms with Gasteiger partial charge < -0.3 is 9.88 Å². The van der Waals surface area contributed by atoms with Crippen molar-refractivity contribution in [2.45, 2.75) is 77.9 Å². The SMILES string of the molecule is CCn1cnnc1CN[C@H](C)CC12CC3CC(CC(C3)C1)C2. The number of aromatic nitrogens is 3. The Morgan fingerprint density at radius 1 is 1.23 bits per heavy atom. The van der Waals surface area contributed by atoms with Crippen molar-refractivity contribution in [3.05, 3.63) is 12.2 Å². The highest BCUT2D eigenvalue weighted by Gasteiger charge is 2.50. The standard InChI is InChI=1S/C18H30N4/c1-3-22-12-20-21-17(22)11-19-13(2)7-18-8-14-4-15(9-18)6-16(5-14)10-18/h12-16,19H,3-11H2,1-2H3/t13-,14?,15?,16?,18?/m1/s1. The zero-order chi connectivity index (χ0) is 15.2. The lowest BCUT2D eigenvalue weighted by Gasteiger charge is -2.57. The van der Waals surface area contributed by atoms with E-state index in [1.165, 1.54) is 25.7 Å². The third kappa shape index (κ3) is 2.70. The van der Waals surface area contributed by atoms with Crippen LogP contribution < -0.4 is 5.32 Å². The molecule has 0 radical (unpaired) electrons. The van der Waals surface area contributed by atoms with E-state index in [-0.39, 0.29) is 0 Å². The van der Waals surface area contributed by atoms with Crippen LogP contribution in [0.5, 0.6) is 0 Å². The topological polar surface area (TPSA) is 42.7 Å². The Bertz CT molecular complexity index is 486.